The Kier molecular flexibility index (Phi) is 4.25. The van der Waals surface area contributed by atoms with Gasteiger partial charge in [-0.25, -0.2) is 0 Å². The van der Waals surface area contributed by atoms with Gasteiger partial charge in [0.05, 0.1) is 12.1 Å². The minimum atomic E-state index is 0.409. The van der Waals surface area contributed by atoms with Crippen LogP contribution in [0.2, 0.25) is 0 Å². The number of halogens is 2. The molecule has 0 saturated heterocycles. The molecule has 2 rings (SSSR count). The predicted octanol–water partition coefficient (Wildman–Crippen LogP) is 4.99. The summed E-state index contributed by atoms with van der Waals surface area (Å²) < 4.78 is 6.96. The molecule has 1 aromatic carbocycles. The van der Waals surface area contributed by atoms with Crippen molar-refractivity contribution >= 4 is 27.5 Å². The van der Waals surface area contributed by atoms with Crippen molar-refractivity contribution in [3.63, 3.8) is 0 Å². The van der Waals surface area contributed by atoms with E-state index < -0.39 is 0 Å². The van der Waals surface area contributed by atoms with Crippen molar-refractivity contribution in [2.45, 2.75) is 19.7 Å². The Labute approximate surface area is 120 Å². The van der Waals surface area contributed by atoms with Crippen molar-refractivity contribution in [3.8, 4) is 11.5 Å². The normalized spacial score (nSPS) is 10.4. The highest BCUT2D eigenvalue weighted by Gasteiger charge is 2.07. The first-order valence-corrected chi connectivity index (χ1v) is 6.88. The SMILES string of the molecule is Cc1cc(Oc2cnccc2CCl)cc(C)c1Br. The van der Waals surface area contributed by atoms with Crippen LogP contribution in [0.25, 0.3) is 0 Å². The summed E-state index contributed by atoms with van der Waals surface area (Å²) in [5.41, 5.74) is 3.22. The van der Waals surface area contributed by atoms with Crippen molar-refractivity contribution in [2.75, 3.05) is 0 Å². The average Bonchev–Trinajstić information content (AvgIpc) is 2.36. The van der Waals surface area contributed by atoms with Gasteiger partial charge in [-0.2, -0.15) is 0 Å². The van der Waals surface area contributed by atoms with Crippen LogP contribution in [0.15, 0.2) is 35.1 Å². The molecule has 0 fully saturated rings. The van der Waals surface area contributed by atoms with Crippen LogP contribution in [0.3, 0.4) is 0 Å². The lowest BCUT2D eigenvalue weighted by atomic mass is 10.1. The monoisotopic (exact) mass is 325 g/mol. The highest BCUT2D eigenvalue weighted by molar-refractivity contribution is 9.10. The molecule has 0 radical (unpaired) electrons. The molecular formula is C14H13BrClNO. The number of rotatable bonds is 3. The number of ether oxygens (including phenoxy) is 1. The molecule has 1 heterocycles. The lowest BCUT2D eigenvalue weighted by Crippen LogP contribution is -1.92. The maximum atomic E-state index is 5.87. The summed E-state index contributed by atoms with van der Waals surface area (Å²) in [6.07, 6.45) is 3.40. The van der Waals surface area contributed by atoms with Crippen LogP contribution >= 0.6 is 27.5 Å². The Balaban J connectivity index is 2.34. The molecule has 0 unspecified atom stereocenters. The summed E-state index contributed by atoms with van der Waals surface area (Å²) in [7, 11) is 0. The number of hydrogen-bond donors (Lipinski definition) is 0. The number of benzene rings is 1. The number of nitrogens with zero attached hydrogens (tertiary/aromatic N) is 1. The number of hydrogen-bond acceptors (Lipinski definition) is 2. The van der Waals surface area contributed by atoms with Gasteiger partial charge in [-0.15, -0.1) is 11.6 Å². The maximum Gasteiger partial charge on any atom is 0.150 e. The first kappa shape index (κ1) is 13.4. The van der Waals surface area contributed by atoms with Crippen molar-refractivity contribution < 1.29 is 4.74 Å². The smallest absolute Gasteiger partial charge is 0.150 e. The second kappa shape index (κ2) is 5.72. The van der Waals surface area contributed by atoms with E-state index in [1.807, 2.05) is 32.0 Å². The third-order valence-electron chi connectivity index (χ3n) is 2.65. The van der Waals surface area contributed by atoms with Crippen LogP contribution in [0.1, 0.15) is 16.7 Å². The quantitative estimate of drug-likeness (QED) is 0.741. The van der Waals surface area contributed by atoms with Gasteiger partial charge < -0.3 is 4.74 Å². The molecule has 0 bridgehead atoms. The van der Waals surface area contributed by atoms with Gasteiger partial charge in [0.2, 0.25) is 0 Å². The van der Waals surface area contributed by atoms with Crippen LogP contribution in [-0.4, -0.2) is 4.98 Å². The highest BCUT2D eigenvalue weighted by atomic mass is 79.9. The second-order valence-corrected chi connectivity index (χ2v) is 5.15. The fraction of sp³-hybridized carbons (Fsp3) is 0.214. The zero-order valence-corrected chi connectivity index (χ0v) is 12.5. The summed E-state index contributed by atoms with van der Waals surface area (Å²) in [6.45, 7) is 4.07. The van der Waals surface area contributed by atoms with Gasteiger partial charge in [0, 0.05) is 16.2 Å². The molecule has 1 aromatic heterocycles. The molecule has 2 aromatic rings. The lowest BCUT2D eigenvalue weighted by Gasteiger charge is -2.11. The van der Waals surface area contributed by atoms with Crippen LogP contribution in [-0.2, 0) is 5.88 Å². The summed E-state index contributed by atoms with van der Waals surface area (Å²) in [4.78, 5) is 4.06. The summed E-state index contributed by atoms with van der Waals surface area (Å²) >= 11 is 9.41. The minimum Gasteiger partial charge on any atom is -0.455 e. The van der Waals surface area contributed by atoms with Crippen LogP contribution < -0.4 is 4.74 Å². The molecule has 0 aliphatic heterocycles. The summed E-state index contributed by atoms with van der Waals surface area (Å²) in [5.74, 6) is 1.91. The Bertz CT molecular complexity index is 548. The molecule has 0 spiro atoms. The van der Waals surface area contributed by atoms with E-state index in [9.17, 15) is 0 Å². The number of alkyl halides is 1. The zero-order valence-electron chi connectivity index (χ0n) is 10.2. The van der Waals surface area contributed by atoms with Crippen LogP contribution in [0, 0.1) is 13.8 Å². The third kappa shape index (κ3) is 2.85. The predicted molar refractivity (Wildman–Crippen MR) is 77.5 cm³/mol. The molecule has 0 amide bonds. The molecule has 0 N–H and O–H groups in total. The van der Waals surface area contributed by atoms with Crippen LogP contribution in [0.4, 0.5) is 0 Å². The Morgan fingerprint density at radius 2 is 1.94 bits per heavy atom. The topological polar surface area (TPSA) is 22.1 Å². The molecule has 0 aliphatic rings. The Hall–Kier alpha value is -1.06. The molecule has 94 valence electrons. The van der Waals surface area contributed by atoms with Crippen molar-refractivity contribution in [1.82, 2.24) is 4.98 Å². The summed E-state index contributed by atoms with van der Waals surface area (Å²) in [5, 5.41) is 0. The van der Waals surface area contributed by atoms with Gasteiger partial charge in [0.25, 0.3) is 0 Å². The van der Waals surface area contributed by atoms with Gasteiger partial charge in [-0.1, -0.05) is 15.9 Å². The van der Waals surface area contributed by atoms with Gasteiger partial charge in [-0.05, 0) is 43.2 Å². The van der Waals surface area contributed by atoms with E-state index in [0.717, 1.165) is 26.9 Å². The van der Waals surface area contributed by atoms with Crippen molar-refractivity contribution in [2.24, 2.45) is 0 Å². The third-order valence-corrected chi connectivity index (χ3v) is 4.19. The molecule has 4 heteroatoms. The van der Waals surface area contributed by atoms with E-state index in [4.69, 9.17) is 16.3 Å². The number of aryl methyl sites for hydroxylation is 2. The largest absolute Gasteiger partial charge is 0.455 e. The Morgan fingerprint density at radius 1 is 1.28 bits per heavy atom. The molecule has 18 heavy (non-hydrogen) atoms. The highest BCUT2D eigenvalue weighted by Crippen LogP contribution is 2.30. The number of aromatic nitrogens is 1. The lowest BCUT2D eigenvalue weighted by molar-refractivity contribution is 0.475. The van der Waals surface area contributed by atoms with E-state index >= 15 is 0 Å². The summed E-state index contributed by atoms with van der Waals surface area (Å²) in [6, 6.07) is 5.84. The van der Waals surface area contributed by atoms with Gasteiger partial charge >= 0.3 is 0 Å². The van der Waals surface area contributed by atoms with Gasteiger partial charge in [0.1, 0.15) is 11.5 Å². The zero-order chi connectivity index (χ0) is 13.1. The molecular weight excluding hydrogens is 314 g/mol. The first-order valence-electron chi connectivity index (χ1n) is 5.55. The van der Waals surface area contributed by atoms with E-state index in [2.05, 4.69) is 20.9 Å². The van der Waals surface area contributed by atoms with Crippen molar-refractivity contribution in [3.05, 3.63) is 51.8 Å². The standard InChI is InChI=1S/C14H13BrClNO/c1-9-5-12(6-10(2)14(9)15)18-13-8-17-4-3-11(13)7-16/h3-6,8H,7H2,1-2H3. The molecule has 0 atom stereocenters. The minimum absolute atomic E-state index is 0.409. The maximum absolute atomic E-state index is 5.87. The fourth-order valence-corrected chi connectivity index (χ4v) is 2.15. The van der Waals surface area contributed by atoms with E-state index in [0.29, 0.717) is 11.6 Å². The van der Waals surface area contributed by atoms with Crippen LogP contribution in [0.5, 0.6) is 11.5 Å². The van der Waals surface area contributed by atoms with Gasteiger partial charge in [0.15, 0.2) is 0 Å². The average molecular weight is 327 g/mol. The molecule has 2 nitrogen and oxygen atoms in total. The van der Waals surface area contributed by atoms with E-state index in [1.165, 1.54) is 0 Å². The van der Waals surface area contributed by atoms with Crippen molar-refractivity contribution in [1.29, 1.82) is 0 Å². The molecule has 0 saturated carbocycles. The van der Waals surface area contributed by atoms with E-state index in [1.54, 1.807) is 12.4 Å². The first-order chi connectivity index (χ1) is 8.61. The number of pyridine rings is 1. The Morgan fingerprint density at radius 3 is 2.56 bits per heavy atom. The van der Waals surface area contributed by atoms with E-state index in [-0.39, 0.29) is 0 Å². The van der Waals surface area contributed by atoms with Gasteiger partial charge in [-0.3, -0.25) is 4.98 Å². The second-order valence-electron chi connectivity index (χ2n) is 4.09. The molecule has 0 aliphatic carbocycles. The fourth-order valence-electron chi connectivity index (χ4n) is 1.70.